The number of likely N-dealkylation sites (N-methyl/N-ethyl adjacent to an activating group) is 1. The summed E-state index contributed by atoms with van der Waals surface area (Å²) in [4.78, 5) is 25.9. The van der Waals surface area contributed by atoms with Gasteiger partial charge in [0.05, 0.1) is 0 Å². The van der Waals surface area contributed by atoms with Crippen molar-refractivity contribution in [3.8, 4) is 16.9 Å². The van der Waals surface area contributed by atoms with E-state index in [0.717, 1.165) is 16.7 Å². The van der Waals surface area contributed by atoms with Crippen LogP contribution in [0.5, 0.6) is 5.75 Å². The molecule has 5 heteroatoms. The zero-order valence-corrected chi connectivity index (χ0v) is 17.5. The molecular formula is C25H26N2O3. The van der Waals surface area contributed by atoms with Crippen molar-refractivity contribution < 1.29 is 14.3 Å². The predicted molar refractivity (Wildman–Crippen MR) is 118 cm³/mol. The molecule has 0 radical (unpaired) electrons. The number of nitrogens with one attached hydrogen (secondary N) is 1. The molecule has 0 bridgehead atoms. The van der Waals surface area contributed by atoms with Crippen molar-refractivity contribution in [2.45, 2.75) is 19.6 Å². The Hall–Kier alpha value is -3.60. The third-order valence-corrected chi connectivity index (χ3v) is 4.86. The molecule has 154 valence electrons. The van der Waals surface area contributed by atoms with Gasteiger partial charge in [0, 0.05) is 26.2 Å². The van der Waals surface area contributed by atoms with Crippen molar-refractivity contribution in [2.24, 2.45) is 0 Å². The van der Waals surface area contributed by atoms with Gasteiger partial charge in [0.15, 0.2) is 6.10 Å². The Morgan fingerprint density at radius 3 is 2.10 bits per heavy atom. The Morgan fingerprint density at radius 2 is 1.50 bits per heavy atom. The normalized spacial score (nSPS) is 11.4. The highest BCUT2D eigenvalue weighted by Gasteiger charge is 2.19. The van der Waals surface area contributed by atoms with Crippen molar-refractivity contribution in [2.75, 3.05) is 14.1 Å². The SMILES string of the molecule is CNC(=O)c1ccc(CN(C)C(=O)C(C)Oc2ccc(-c3ccccc3)cc2)cc1. The van der Waals surface area contributed by atoms with Crippen LogP contribution < -0.4 is 10.1 Å². The lowest BCUT2D eigenvalue weighted by Crippen LogP contribution is -2.37. The topological polar surface area (TPSA) is 58.6 Å². The van der Waals surface area contributed by atoms with Crippen molar-refractivity contribution in [3.05, 3.63) is 90.0 Å². The van der Waals surface area contributed by atoms with Crippen molar-refractivity contribution in [3.63, 3.8) is 0 Å². The van der Waals surface area contributed by atoms with Crippen LogP contribution in [0.2, 0.25) is 0 Å². The average Bonchev–Trinajstić information content (AvgIpc) is 2.79. The van der Waals surface area contributed by atoms with E-state index < -0.39 is 6.10 Å². The summed E-state index contributed by atoms with van der Waals surface area (Å²) in [7, 11) is 3.34. The Morgan fingerprint density at radius 1 is 0.900 bits per heavy atom. The van der Waals surface area contributed by atoms with E-state index >= 15 is 0 Å². The highest BCUT2D eigenvalue weighted by Crippen LogP contribution is 2.23. The number of hydrogen-bond acceptors (Lipinski definition) is 3. The molecule has 30 heavy (non-hydrogen) atoms. The number of nitrogens with zero attached hydrogens (tertiary/aromatic N) is 1. The maximum absolute atomic E-state index is 12.7. The molecule has 0 spiro atoms. The maximum Gasteiger partial charge on any atom is 0.263 e. The quantitative estimate of drug-likeness (QED) is 0.646. The smallest absolute Gasteiger partial charge is 0.263 e. The van der Waals surface area contributed by atoms with Crippen LogP contribution in [0.15, 0.2) is 78.9 Å². The number of rotatable bonds is 7. The van der Waals surface area contributed by atoms with Gasteiger partial charge >= 0.3 is 0 Å². The van der Waals surface area contributed by atoms with E-state index in [2.05, 4.69) is 17.4 Å². The zero-order chi connectivity index (χ0) is 21.5. The van der Waals surface area contributed by atoms with Gasteiger partial charge in [-0.1, -0.05) is 54.6 Å². The second-order valence-corrected chi connectivity index (χ2v) is 7.12. The number of carbonyl (C=O) groups is 2. The summed E-state index contributed by atoms with van der Waals surface area (Å²) in [6.07, 6.45) is -0.609. The fraction of sp³-hybridized carbons (Fsp3) is 0.200. The predicted octanol–water partition coefficient (Wildman–Crippen LogP) is 4.14. The molecule has 3 rings (SSSR count). The van der Waals surface area contributed by atoms with Crippen molar-refractivity contribution in [1.82, 2.24) is 10.2 Å². The zero-order valence-electron chi connectivity index (χ0n) is 17.5. The van der Waals surface area contributed by atoms with Gasteiger partial charge in [-0.25, -0.2) is 0 Å². The molecule has 0 aliphatic rings. The number of carbonyl (C=O) groups excluding carboxylic acids is 2. The highest BCUT2D eigenvalue weighted by atomic mass is 16.5. The second-order valence-electron chi connectivity index (χ2n) is 7.12. The molecule has 3 aromatic carbocycles. The van der Waals surface area contributed by atoms with Crippen LogP contribution in [0.25, 0.3) is 11.1 Å². The fourth-order valence-corrected chi connectivity index (χ4v) is 3.18. The first-order valence-electron chi connectivity index (χ1n) is 9.86. The van der Waals surface area contributed by atoms with E-state index in [1.54, 1.807) is 38.1 Å². The molecule has 0 saturated carbocycles. The first-order valence-corrected chi connectivity index (χ1v) is 9.86. The number of benzene rings is 3. The lowest BCUT2D eigenvalue weighted by molar-refractivity contribution is -0.137. The molecule has 1 N–H and O–H groups in total. The minimum atomic E-state index is -0.609. The first kappa shape index (κ1) is 21.1. The monoisotopic (exact) mass is 402 g/mol. The Labute approximate surface area is 177 Å². The molecule has 5 nitrogen and oxygen atoms in total. The van der Waals surface area contributed by atoms with Gasteiger partial charge in [0.25, 0.3) is 11.8 Å². The molecule has 0 fully saturated rings. The largest absolute Gasteiger partial charge is 0.481 e. The molecule has 0 aliphatic carbocycles. The standard InChI is InChI=1S/C25H26N2O3/c1-18(30-23-15-13-21(14-16-23)20-7-5-4-6-8-20)25(29)27(3)17-19-9-11-22(12-10-19)24(28)26-2/h4-16,18H,17H2,1-3H3,(H,26,28). The average molecular weight is 402 g/mol. The lowest BCUT2D eigenvalue weighted by atomic mass is 10.1. The Balaban J connectivity index is 1.57. The van der Waals surface area contributed by atoms with Gasteiger partial charge in [-0.2, -0.15) is 0 Å². The molecule has 0 saturated heterocycles. The van der Waals surface area contributed by atoms with Crippen LogP contribution in [0, 0.1) is 0 Å². The highest BCUT2D eigenvalue weighted by molar-refractivity contribution is 5.93. The van der Waals surface area contributed by atoms with Crippen LogP contribution in [0.3, 0.4) is 0 Å². The summed E-state index contributed by atoms with van der Waals surface area (Å²) in [5.41, 5.74) is 3.76. The number of ether oxygens (including phenoxy) is 1. The number of amides is 2. The van der Waals surface area contributed by atoms with Crippen LogP contribution in [0.4, 0.5) is 0 Å². The maximum atomic E-state index is 12.7. The van der Waals surface area contributed by atoms with Gasteiger partial charge in [-0.15, -0.1) is 0 Å². The molecule has 0 heterocycles. The molecule has 3 aromatic rings. The van der Waals surface area contributed by atoms with Gasteiger partial charge in [0.1, 0.15) is 5.75 Å². The summed E-state index contributed by atoms with van der Waals surface area (Å²) >= 11 is 0. The number of hydrogen-bond donors (Lipinski definition) is 1. The Kier molecular flexibility index (Phi) is 6.86. The Bertz CT molecular complexity index is 983. The molecular weight excluding hydrogens is 376 g/mol. The summed E-state index contributed by atoms with van der Waals surface area (Å²) in [5.74, 6) is 0.405. The third kappa shape index (κ3) is 5.26. The van der Waals surface area contributed by atoms with E-state index in [0.29, 0.717) is 17.9 Å². The van der Waals surface area contributed by atoms with E-state index in [9.17, 15) is 9.59 Å². The summed E-state index contributed by atoms with van der Waals surface area (Å²) < 4.78 is 5.85. The molecule has 1 atom stereocenters. The van der Waals surface area contributed by atoms with Gasteiger partial charge in [0.2, 0.25) is 0 Å². The van der Waals surface area contributed by atoms with Crippen LogP contribution in [-0.2, 0) is 11.3 Å². The third-order valence-electron chi connectivity index (χ3n) is 4.86. The molecule has 0 aliphatic heterocycles. The summed E-state index contributed by atoms with van der Waals surface area (Å²) in [5, 5.41) is 2.59. The lowest BCUT2D eigenvalue weighted by Gasteiger charge is -2.22. The minimum Gasteiger partial charge on any atom is -0.481 e. The van der Waals surface area contributed by atoms with Crippen LogP contribution in [0.1, 0.15) is 22.8 Å². The van der Waals surface area contributed by atoms with E-state index in [1.165, 1.54) is 0 Å². The molecule has 0 aromatic heterocycles. The van der Waals surface area contributed by atoms with Crippen molar-refractivity contribution in [1.29, 1.82) is 0 Å². The van der Waals surface area contributed by atoms with Crippen molar-refractivity contribution >= 4 is 11.8 Å². The van der Waals surface area contributed by atoms with Gasteiger partial charge in [-0.3, -0.25) is 9.59 Å². The summed E-state index contributed by atoms with van der Waals surface area (Å²) in [6, 6.07) is 25.0. The molecule has 1 unspecified atom stereocenters. The summed E-state index contributed by atoms with van der Waals surface area (Å²) in [6.45, 7) is 2.19. The molecule has 2 amide bonds. The van der Waals surface area contributed by atoms with Crippen LogP contribution in [-0.4, -0.2) is 36.9 Å². The van der Waals surface area contributed by atoms with E-state index in [4.69, 9.17) is 4.74 Å². The van der Waals surface area contributed by atoms with E-state index in [-0.39, 0.29) is 11.8 Å². The van der Waals surface area contributed by atoms with Gasteiger partial charge in [-0.05, 0) is 47.9 Å². The van der Waals surface area contributed by atoms with Crippen LogP contribution >= 0.6 is 0 Å². The first-order chi connectivity index (χ1) is 14.5. The van der Waals surface area contributed by atoms with E-state index in [1.807, 2.05) is 54.6 Å². The van der Waals surface area contributed by atoms with Gasteiger partial charge < -0.3 is 15.0 Å². The minimum absolute atomic E-state index is 0.113. The fourth-order valence-electron chi connectivity index (χ4n) is 3.18. The second kappa shape index (κ2) is 9.74.